The Morgan fingerprint density at radius 1 is 1.50 bits per heavy atom. The van der Waals surface area contributed by atoms with Crippen molar-refractivity contribution in [1.82, 2.24) is 4.42 Å². The second-order valence-corrected chi connectivity index (χ2v) is 5.29. The molecular weight excluding hydrogens is 250 g/mol. The Hall–Kier alpha value is -0.800. The summed E-state index contributed by atoms with van der Waals surface area (Å²) in [5.74, 6) is 0.0427. The molecule has 0 fully saturated rings. The predicted octanol–water partition coefficient (Wildman–Crippen LogP) is 3.31. The molecule has 1 amide bonds. The van der Waals surface area contributed by atoms with E-state index in [1.807, 2.05) is 13.0 Å². The van der Waals surface area contributed by atoms with Gasteiger partial charge >= 0.3 is 0 Å². The van der Waals surface area contributed by atoms with Gasteiger partial charge in [0.15, 0.2) is 0 Å². The van der Waals surface area contributed by atoms with Crippen molar-refractivity contribution in [3.63, 3.8) is 0 Å². The Morgan fingerprint density at radius 3 is 2.61 bits per heavy atom. The van der Waals surface area contributed by atoms with Crippen LogP contribution in [0.25, 0.3) is 0 Å². The molecule has 4 heteroatoms. The van der Waals surface area contributed by atoms with Gasteiger partial charge in [0.25, 0.3) is 0 Å². The fourth-order valence-electron chi connectivity index (χ4n) is 2.64. The molecule has 0 N–H and O–H groups in total. The van der Waals surface area contributed by atoms with E-state index < -0.39 is 5.54 Å². The Morgan fingerprint density at radius 2 is 2.11 bits per heavy atom. The minimum Gasteiger partial charge on any atom is -0.385 e. The molecule has 0 aromatic carbocycles. The van der Waals surface area contributed by atoms with Crippen molar-refractivity contribution in [3.8, 4) is 0 Å². The van der Waals surface area contributed by atoms with Crippen LogP contribution in [-0.4, -0.2) is 29.6 Å². The van der Waals surface area contributed by atoms with E-state index in [-0.39, 0.29) is 11.8 Å². The van der Waals surface area contributed by atoms with Crippen LogP contribution in [0.3, 0.4) is 0 Å². The highest BCUT2D eigenvalue weighted by Crippen LogP contribution is 2.43. The summed E-state index contributed by atoms with van der Waals surface area (Å²) < 4.78 is 6.53. The molecule has 0 aromatic heterocycles. The molecule has 2 atom stereocenters. The third kappa shape index (κ3) is 2.47. The summed E-state index contributed by atoms with van der Waals surface area (Å²) in [6.07, 6.45) is 4.83. The summed E-state index contributed by atoms with van der Waals surface area (Å²) >= 11 is 6.30. The highest BCUT2D eigenvalue weighted by molar-refractivity contribution is 6.21. The van der Waals surface area contributed by atoms with Gasteiger partial charge in [0.1, 0.15) is 0 Å². The second-order valence-electron chi connectivity index (χ2n) is 4.95. The van der Waals surface area contributed by atoms with E-state index in [0.29, 0.717) is 13.0 Å². The first-order valence-electron chi connectivity index (χ1n) is 6.19. The first kappa shape index (κ1) is 15.3. The Labute approximate surface area is 115 Å². The Bertz CT molecular complexity index is 383. The van der Waals surface area contributed by atoms with E-state index in [2.05, 4.69) is 19.9 Å². The molecule has 1 aliphatic carbocycles. The fourth-order valence-corrected chi connectivity index (χ4v) is 3.00. The largest absolute Gasteiger partial charge is 0.385 e. The molecule has 0 heterocycles. The molecular formula is C14H22ClNO2. The highest BCUT2D eigenvalue weighted by Gasteiger charge is 2.46. The van der Waals surface area contributed by atoms with E-state index in [0.717, 1.165) is 5.57 Å². The van der Waals surface area contributed by atoms with Gasteiger partial charge in [0, 0.05) is 38.3 Å². The monoisotopic (exact) mass is 271 g/mol. The number of amides is 1. The first-order valence-corrected chi connectivity index (χ1v) is 6.52. The summed E-state index contributed by atoms with van der Waals surface area (Å²) in [6.45, 7) is 8.26. The van der Waals surface area contributed by atoms with Gasteiger partial charge in [0.2, 0.25) is 5.91 Å². The van der Waals surface area contributed by atoms with Crippen LogP contribution >= 0.6 is 11.8 Å². The van der Waals surface area contributed by atoms with Crippen molar-refractivity contribution in [2.24, 2.45) is 5.92 Å². The fraction of sp³-hybridized carbons (Fsp3) is 0.643. The highest BCUT2D eigenvalue weighted by atomic mass is 35.5. The van der Waals surface area contributed by atoms with Gasteiger partial charge in [-0.25, -0.2) is 4.42 Å². The summed E-state index contributed by atoms with van der Waals surface area (Å²) in [4.78, 5) is 11.7. The zero-order valence-corrected chi connectivity index (χ0v) is 12.5. The van der Waals surface area contributed by atoms with Crippen LogP contribution in [0.1, 0.15) is 34.1 Å². The van der Waals surface area contributed by atoms with Crippen LogP contribution in [0.15, 0.2) is 23.3 Å². The zero-order valence-electron chi connectivity index (χ0n) is 11.8. The molecule has 0 aliphatic heterocycles. The predicted molar refractivity (Wildman–Crippen MR) is 74.3 cm³/mol. The van der Waals surface area contributed by atoms with Crippen molar-refractivity contribution in [2.75, 3.05) is 13.7 Å². The Balaban J connectivity index is 3.23. The lowest BCUT2D eigenvalue weighted by Crippen LogP contribution is -2.53. The minimum absolute atomic E-state index is 0.137. The van der Waals surface area contributed by atoms with Crippen LogP contribution < -0.4 is 0 Å². The summed E-state index contributed by atoms with van der Waals surface area (Å²) in [5, 5.41) is 0. The molecule has 102 valence electrons. The van der Waals surface area contributed by atoms with E-state index in [1.54, 1.807) is 7.11 Å². The average Bonchev–Trinajstić information content (AvgIpc) is 2.34. The molecule has 18 heavy (non-hydrogen) atoms. The molecule has 1 rings (SSSR count). The Kier molecular flexibility index (Phi) is 5.00. The van der Waals surface area contributed by atoms with Crippen molar-refractivity contribution in [3.05, 3.63) is 23.3 Å². The van der Waals surface area contributed by atoms with Gasteiger partial charge in [-0.05, 0) is 25.8 Å². The number of hydrogen-bond donors (Lipinski definition) is 0. The molecule has 0 bridgehead atoms. The van der Waals surface area contributed by atoms with Crippen molar-refractivity contribution < 1.29 is 9.53 Å². The number of allylic oxidation sites excluding steroid dienone is 2. The van der Waals surface area contributed by atoms with E-state index >= 15 is 0 Å². The van der Waals surface area contributed by atoms with Crippen molar-refractivity contribution >= 4 is 17.7 Å². The minimum atomic E-state index is -0.484. The quantitative estimate of drug-likeness (QED) is 0.734. The normalized spacial score (nSPS) is 27.6. The molecule has 2 unspecified atom stereocenters. The van der Waals surface area contributed by atoms with Gasteiger partial charge in [-0.15, -0.1) is 0 Å². The smallest absolute Gasteiger partial charge is 0.234 e. The molecule has 0 radical (unpaired) electrons. The van der Waals surface area contributed by atoms with Crippen LogP contribution in [0.5, 0.6) is 0 Å². The second kappa shape index (κ2) is 5.89. The maximum Gasteiger partial charge on any atom is 0.234 e. The van der Waals surface area contributed by atoms with Crippen LogP contribution in [0, 0.1) is 5.92 Å². The summed E-state index contributed by atoms with van der Waals surface area (Å²) in [5.41, 5.74) is 1.84. The molecule has 0 saturated heterocycles. The lowest BCUT2D eigenvalue weighted by atomic mass is 9.70. The summed E-state index contributed by atoms with van der Waals surface area (Å²) in [6, 6.07) is 0. The number of carbonyl (C=O) groups excluding carboxylic acids is 1. The number of nitrogens with zero attached hydrogens (tertiary/aromatic N) is 1. The third-order valence-corrected chi connectivity index (χ3v) is 4.53. The lowest BCUT2D eigenvalue weighted by Gasteiger charge is -2.47. The maximum atomic E-state index is 11.7. The van der Waals surface area contributed by atoms with Crippen LogP contribution in [0.2, 0.25) is 0 Å². The number of carbonyl (C=O) groups is 1. The van der Waals surface area contributed by atoms with Crippen LogP contribution in [-0.2, 0) is 9.53 Å². The zero-order chi connectivity index (χ0) is 13.9. The van der Waals surface area contributed by atoms with Gasteiger partial charge in [-0.3, -0.25) is 4.79 Å². The van der Waals surface area contributed by atoms with E-state index in [4.69, 9.17) is 16.5 Å². The van der Waals surface area contributed by atoms with Gasteiger partial charge in [-0.2, -0.15) is 0 Å². The average molecular weight is 272 g/mol. The number of methoxy groups -OCH3 is 1. The molecule has 3 nitrogen and oxygen atoms in total. The lowest BCUT2D eigenvalue weighted by molar-refractivity contribution is -0.129. The third-order valence-electron chi connectivity index (χ3n) is 3.99. The number of ether oxygens (including phenoxy) is 1. The maximum absolute atomic E-state index is 11.7. The topological polar surface area (TPSA) is 29.5 Å². The molecule has 1 aliphatic rings. The molecule has 0 aromatic rings. The van der Waals surface area contributed by atoms with E-state index in [1.165, 1.54) is 16.9 Å². The summed E-state index contributed by atoms with van der Waals surface area (Å²) in [7, 11) is 1.66. The first-order chi connectivity index (χ1) is 8.37. The SMILES string of the molecule is COCCC1(N(Cl)C(C)=O)C(C)=CC=C(C)C1C. The number of rotatable bonds is 4. The van der Waals surface area contributed by atoms with Crippen molar-refractivity contribution in [2.45, 2.75) is 39.7 Å². The molecule has 0 saturated carbocycles. The number of hydrogen-bond acceptors (Lipinski definition) is 2. The van der Waals surface area contributed by atoms with Gasteiger partial charge in [0.05, 0.1) is 5.54 Å². The van der Waals surface area contributed by atoms with Crippen molar-refractivity contribution in [1.29, 1.82) is 0 Å². The van der Waals surface area contributed by atoms with Crippen LogP contribution in [0.4, 0.5) is 0 Å². The standard InChI is InChI=1S/C14H22ClNO2/c1-10-6-7-11(2)14(12(10)3,8-9-18-5)16(15)13(4)17/h6-7,12H,8-9H2,1-5H3. The van der Waals surface area contributed by atoms with E-state index in [9.17, 15) is 4.79 Å². The molecule has 0 spiro atoms. The number of halogens is 1. The van der Waals surface area contributed by atoms with Gasteiger partial charge < -0.3 is 4.74 Å². The van der Waals surface area contributed by atoms with Gasteiger partial charge in [-0.1, -0.05) is 24.6 Å².